The molecule has 1 nitrogen and oxygen atoms in total. The van der Waals surface area contributed by atoms with Gasteiger partial charge in [0.1, 0.15) is 1.37 Å². The molecular formula is C13H17N. The predicted molar refractivity (Wildman–Crippen MR) is 61.1 cm³/mol. The predicted octanol–water partition coefficient (Wildman–Crippen LogP) is 2.18. The lowest BCUT2D eigenvalue weighted by Crippen LogP contribution is -2.31. The minimum atomic E-state index is -2.06. The summed E-state index contributed by atoms with van der Waals surface area (Å²) in [5, 5.41) is 0. The van der Waals surface area contributed by atoms with Gasteiger partial charge in [-0.15, -0.1) is 6.40 Å². The minimum Gasteiger partial charge on any atom is -0.292 e. The minimum absolute atomic E-state index is 0.291. The Hall–Kier alpha value is -1.26. The molecule has 0 aliphatic rings. The monoisotopic (exact) mass is 191 g/mol. The fraction of sp³-hybridized carbons (Fsp3) is 0.385. The van der Waals surface area contributed by atoms with Gasteiger partial charge in [0.2, 0.25) is 0 Å². The van der Waals surface area contributed by atoms with Gasteiger partial charge in [0.05, 0.1) is 6.54 Å². The molecule has 0 saturated heterocycles. The van der Waals surface area contributed by atoms with E-state index in [2.05, 4.69) is 5.92 Å². The molecule has 1 atom stereocenters. The number of benzene rings is 1. The van der Waals surface area contributed by atoms with E-state index in [1.165, 1.54) is 0 Å². The van der Waals surface area contributed by atoms with Crippen molar-refractivity contribution in [1.29, 1.82) is 0 Å². The normalized spacial score (nSPS) is 17.0. The molecule has 0 spiro atoms. The molecule has 1 rings (SSSR count). The molecule has 0 aromatic heterocycles. The molecule has 0 radical (unpaired) electrons. The number of likely N-dealkylation sites (N-methyl/N-ethyl adjacent to an activating group) is 1. The number of nitrogens with zero attached hydrogens (tertiary/aromatic N) is 1. The van der Waals surface area contributed by atoms with Crippen molar-refractivity contribution in [3.63, 3.8) is 0 Å². The maximum atomic E-state index is 7.60. The molecule has 1 aromatic rings. The molecule has 1 heteroatoms. The molecule has 0 aliphatic carbocycles. The van der Waals surface area contributed by atoms with Crippen molar-refractivity contribution in [3.8, 4) is 12.3 Å². The largest absolute Gasteiger partial charge is 0.292 e. The van der Waals surface area contributed by atoms with E-state index in [9.17, 15) is 0 Å². The summed E-state index contributed by atoms with van der Waals surface area (Å²) in [6.07, 6.45) is 2.50. The lowest BCUT2D eigenvalue weighted by molar-refractivity contribution is 0.287. The number of rotatable bonds is 4. The molecule has 14 heavy (non-hydrogen) atoms. The van der Waals surface area contributed by atoms with Gasteiger partial charge in [0, 0.05) is 10.2 Å². The summed E-state index contributed by atoms with van der Waals surface area (Å²) in [5.41, 5.74) is 0.990. The Morgan fingerprint density at radius 2 is 2.36 bits per heavy atom. The van der Waals surface area contributed by atoms with Crippen molar-refractivity contribution in [3.05, 3.63) is 35.9 Å². The van der Waals surface area contributed by atoms with Crippen LogP contribution in [0, 0.1) is 12.3 Å². The molecule has 0 saturated carbocycles. The summed E-state index contributed by atoms with van der Waals surface area (Å²) in [6, 6.07) is 8.96. The highest BCUT2D eigenvalue weighted by Crippen LogP contribution is 2.06. The second-order valence-corrected chi connectivity index (χ2v) is 3.30. The van der Waals surface area contributed by atoms with Crippen LogP contribution in [-0.4, -0.2) is 24.5 Å². The lowest BCUT2D eigenvalue weighted by atomic mass is 10.1. The second-order valence-electron chi connectivity index (χ2n) is 3.30. The maximum Gasteiger partial charge on any atom is 0.124 e. The van der Waals surface area contributed by atoms with Crippen LogP contribution in [0.5, 0.6) is 0 Å². The van der Waals surface area contributed by atoms with Crippen LogP contribution in [0.4, 0.5) is 0 Å². The molecule has 0 unspecified atom stereocenters. The molecule has 0 bridgehead atoms. The van der Waals surface area contributed by atoms with Gasteiger partial charge in [-0.3, -0.25) is 4.90 Å². The van der Waals surface area contributed by atoms with Gasteiger partial charge in [0.15, 0.2) is 0 Å². The first-order valence-electron chi connectivity index (χ1n) is 6.59. The van der Waals surface area contributed by atoms with Gasteiger partial charge in [-0.1, -0.05) is 36.3 Å². The van der Waals surface area contributed by atoms with Crippen molar-refractivity contribution >= 4 is 0 Å². The van der Waals surface area contributed by atoms with E-state index in [-0.39, 0.29) is 0 Å². The van der Waals surface area contributed by atoms with Crippen molar-refractivity contribution in [1.82, 2.24) is 4.90 Å². The molecule has 74 valence electrons. The van der Waals surface area contributed by atoms with Gasteiger partial charge in [-0.2, -0.15) is 0 Å². The average molecular weight is 191 g/mol. The Morgan fingerprint density at radius 1 is 1.57 bits per heavy atom. The van der Waals surface area contributed by atoms with Gasteiger partial charge in [0.25, 0.3) is 0 Å². The molecular weight excluding hydrogens is 170 g/mol. The fourth-order valence-corrected chi connectivity index (χ4v) is 1.23. The van der Waals surface area contributed by atoms with Crippen LogP contribution >= 0.6 is 0 Å². The van der Waals surface area contributed by atoms with Crippen molar-refractivity contribution < 1.29 is 5.48 Å². The third-order valence-corrected chi connectivity index (χ3v) is 2.13. The van der Waals surface area contributed by atoms with Crippen LogP contribution in [0.2, 0.25) is 0 Å². The van der Waals surface area contributed by atoms with E-state index in [4.69, 9.17) is 5.48 Å². The second kappa shape index (κ2) is 5.47. The van der Waals surface area contributed by atoms with Gasteiger partial charge in [-0.25, -0.2) is 0 Å². The zero-order valence-electron chi connectivity index (χ0n) is 12.3. The van der Waals surface area contributed by atoms with Crippen LogP contribution in [0.3, 0.4) is 0 Å². The van der Waals surface area contributed by atoms with Crippen molar-refractivity contribution in [2.45, 2.75) is 19.3 Å². The highest BCUT2D eigenvalue weighted by atomic mass is 15.1. The van der Waals surface area contributed by atoms with Gasteiger partial charge in [-0.05, 0) is 25.9 Å². The standard InChI is InChI=1S/C13H17N/c1-4-10-14(3)12(2)11-13-8-6-5-7-9-13/h1,5-9,12H,10-11H2,2-3H3/t12-/m1/s1/i1D,2D3. The summed E-state index contributed by atoms with van der Waals surface area (Å²) in [5.74, 6) is 2.58. The number of hydrogen-bond donors (Lipinski definition) is 0. The zero-order chi connectivity index (χ0) is 13.6. The van der Waals surface area contributed by atoms with E-state index >= 15 is 0 Å². The maximum absolute atomic E-state index is 7.60. The zero-order valence-corrected chi connectivity index (χ0v) is 8.33. The number of hydrogen-bond acceptors (Lipinski definition) is 1. The molecule has 0 N–H and O–H groups in total. The first kappa shape index (κ1) is 6.27. The summed E-state index contributed by atoms with van der Waals surface area (Å²) >= 11 is 0. The van der Waals surface area contributed by atoms with Crippen molar-refractivity contribution in [2.24, 2.45) is 0 Å². The Balaban J connectivity index is 2.82. The first-order chi connectivity index (χ1) is 8.45. The topological polar surface area (TPSA) is 3.24 Å². The fourth-order valence-electron chi connectivity index (χ4n) is 1.23. The van der Waals surface area contributed by atoms with Crippen LogP contribution in [0.1, 0.15) is 17.9 Å². The van der Waals surface area contributed by atoms with Gasteiger partial charge < -0.3 is 0 Å². The molecule has 1 aromatic carbocycles. The highest BCUT2D eigenvalue weighted by molar-refractivity contribution is 5.15. The Bertz CT molecular complexity index is 416. The van der Waals surface area contributed by atoms with E-state index in [1.807, 2.05) is 36.7 Å². The Labute approximate surface area is 92.4 Å². The van der Waals surface area contributed by atoms with Crippen LogP contribution in [0.15, 0.2) is 30.3 Å². The molecule has 0 aliphatic heterocycles. The van der Waals surface area contributed by atoms with Crippen LogP contribution in [0.25, 0.3) is 0 Å². The summed E-state index contributed by atoms with van der Waals surface area (Å²) in [7, 11) is 1.73. The van der Waals surface area contributed by atoms with E-state index < -0.39 is 12.9 Å². The molecule has 0 fully saturated rings. The molecule has 0 heterocycles. The molecule has 0 amide bonds. The Morgan fingerprint density at radius 3 is 3.00 bits per heavy atom. The van der Waals surface area contributed by atoms with Crippen LogP contribution in [-0.2, 0) is 6.42 Å². The summed E-state index contributed by atoms with van der Waals surface area (Å²) in [6.45, 7) is -1.77. The first-order valence-corrected chi connectivity index (χ1v) is 4.59. The lowest BCUT2D eigenvalue weighted by Gasteiger charge is -2.22. The third-order valence-electron chi connectivity index (χ3n) is 2.13. The quantitative estimate of drug-likeness (QED) is 0.659. The Kier molecular flexibility index (Phi) is 2.45. The number of terminal acetylenes is 1. The van der Waals surface area contributed by atoms with Gasteiger partial charge >= 0.3 is 0 Å². The smallest absolute Gasteiger partial charge is 0.124 e. The van der Waals surface area contributed by atoms with E-state index in [1.54, 1.807) is 11.9 Å². The third kappa shape index (κ3) is 3.24. The average Bonchev–Trinajstić information content (AvgIpc) is 2.33. The summed E-state index contributed by atoms with van der Waals surface area (Å²) < 4.78 is 29.6. The van der Waals surface area contributed by atoms with Crippen LogP contribution < -0.4 is 0 Å². The summed E-state index contributed by atoms with van der Waals surface area (Å²) in [4.78, 5) is 1.68. The van der Waals surface area contributed by atoms with E-state index in [0.29, 0.717) is 13.0 Å². The van der Waals surface area contributed by atoms with Crippen molar-refractivity contribution in [2.75, 3.05) is 13.6 Å². The SMILES string of the molecule is [2H]C#CCN(C)[C@@H](Cc1ccccc1)C([2H])([2H])[2H]. The highest BCUT2D eigenvalue weighted by Gasteiger charge is 2.07. The van der Waals surface area contributed by atoms with E-state index in [0.717, 1.165) is 5.56 Å².